The molecule has 0 aliphatic carbocycles. The Morgan fingerprint density at radius 1 is 0.867 bits per heavy atom. The van der Waals surface area contributed by atoms with Gasteiger partial charge in [0.05, 0.1) is 17.0 Å². The highest BCUT2D eigenvalue weighted by Crippen LogP contribution is 2.18. The SMILES string of the molecule is O=C(CSCc1cccc(Cl)c1)Nc1ccccc1C(=O)NCCc1ccccc1. The quantitative estimate of drug-likeness (QED) is 0.483. The van der Waals surface area contributed by atoms with Crippen molar-refractivity contribution in [2.45, 2.75) is 12.2 Å². The molecule has 154 valence electrons. The van der Waals surface area contributed by atoms with Crippen LogP contribution in [0.2, 0.25) is 5.02 Å². The summed E-state index contributed by atoms with van der Waals surface area (Å²) >= 11 is 7.48. The maximum absolute atomic E-state index is 12.6. The van der Waals surface area contributed by atoms with Crippen LogP contribution >= 0.6 is 23.4 Å². The van der Waals surface area contributed by atoms with Gasteiger partial charge >= 0.3 is 0 Å². The number of benzene rings is 3. The first-order chi connectivity index (χ1) is 14.6. The van der Waals surface area contributed by atoms with E-state index in [4.69, 9.17) is 11.6 Å². The van der Waals surface area contributed by atoms with Crippen LogP contribution in [-0.4, -0.2) is 24.1 Å². The lowest BCUT2D eigenvalue weighted by molar-refractivity contribution is -0.113. The van der Waals surface area contributed by atoms with Gasteiger partial charge in [0.2, 0.25) is 5.91 Å². The summed E-state index contributed by atoms with van der Waals surface area (Å²) in [6, 6.07) is 24.6. The van der Waals surface area contributed by atoms with Gasteiger partial charge in [-0.25, -0.2) is 0 Å². The van der Waals surface area contributed by atoms with Gasteiger partial charge < -0.3 is 10.6 Å². The van der Waals surface area contributed by atoms with E-state index in [9.17, 15) is 9.59 Å². The Labute approximate surface area is 186 Å². The second kappa shape index (κ2) is 11.4. The molecular weight excluding hydrogens is 416 g/mol. The molecule has 0 saturated heterocycles. The third-order valence-electron chi connectivity index (χ3n) is 4.38. The molecule has 0 aliphatic rings. The summed E-state index contributed by atoms with van der Waals surface area (Å²) in [6.07, 6.45) is 0.751. The molecule has 0 saturated carbocycles. The minimum absolute atomic E-state index is 0.147. The number of carbonyl (C=O) groups is 2. The monoisotopic (exact) mass is 438 g/mol. The summed E-state index contributed by atoms with van der Waals surface area (Å²) in [7, 11) is 0. The van der Waals surface area contributed by atoms with Gasteiger partial charge in [0.25, 0.3) is 5.91 Å². The van der Waals surface area contributed by atoms with E-state index in [0.717, 1.165) is 17.5 Å². The first-order valence-corrected chi connectivity index (χ1v) is 11.2. The van der Waals surface area contributed by atoms with Crippen LogP contribution in [0, 0.1) is 0 Å². The van der Waals surface area contributed by atoms with Crippen molar-refractivity contribution in [1.29, 1.82) is 0 Å². The summed E-state index contributed by atoms with van der Waals surface area (Å²) in [5.41, 5.74) is 3.21. The molecule has 0 spiro atoms. The second-order valence-electron chi connectivity index (χ2n) is 6.71. The highest BCUT2D eigenvalue weighted by molar-refractivity contribution is 7.99. The van der Waals surface area contributed by atoms with Crippen LogP contribution in [0.3, 0.4) is 0 Å². The van der Waals surface area contributed by atoms with Gasteiger partial charge in [0, 0.05) is 17.3 Å². The molecular formula is C24H23ClN2O2S. The van der Waals surface area contributed by atoms with E-state index in [1.165, 1.54) is 11.8 Å². The van der Waals surface area contributed by atoms with Crippen LogP contribution < -0.4 is 10.6 Å². The Morgan fingerprint density at radius 3 is 2.40 bits per heavy atom. The maximum Gasteiger partial charge on any atom is 0.253 e. The topological polar surface area (TPSA) is 58.2 Å². The summed E-state index contributed by atoms with van der Waals surface area (Å²) in [6.45, 7) is 0.528. The minimum atomic E-state index is -0.201. The number of carbonyl (C=O) groups excluding carboxylic acids is 2. The van der Waals surface area contributed by atoms with Gasteiger partial charge in [0.1, 0.15) is 0 Å². The van der Waals surface area contributed by atoms with Gasteiger partial charge in [-0.2, -0.15) is 0 Å². The molecule has 0 radical (unpaired) electrons. The molecule has 3 rings (SSSR count). The van der Waals surface area contributed by atoms with Crippen molar-refractivity contribution in [2.75, 3.05) is 17.6 Å². The van der Waals surface area contributed by atoms with Gasteiger partial charge in [-0.3, -0.25) is 9.59 Å². The molecule has 6 heteroatoms. The zero-order chi connectivity index (χ0) is 21.2. The number of anilines is 1. The van der Waals surface area contributed by atoms with Crippen LogP contribution in [-0.2, 0) is 17.0 Å². The fourth-order valence-corrected chi connectivity index (χ4v) is 3.91. The third-order valence-corrected chi connectivity index (χ3v) is 5.62. The zero-order valence-electron chi connectivity index (χ0n) is 16.4. The Bertz CT molecular complexity index is 995. The van der Waals surface area contributed by atoms with Gasteiger partial charge in [-0.1, -0.05) is 66.2 Å². The summed E-state index contributed by atoms with van der Waals surface area (Å²) in [4.78, 5) is 24.9. The largest absolute Gasteiger partial charge is 0.352 e. The summed E-state index contributed by atoms with van der Waals surface area (Å²) in [5.74, 6) is 0.631. The van der Waals surface area contributed by atoms with Gasteiger partial charge in [0.15, 0.2) is 0 Å². The van der Waals surface area contributed by atoms with Crippen LogP contribution in [0.1, 0.15) is 21.5 Å². The Balaban J connectivity index is 1.49. The number of amides is 2. The number of nitrogens with one attached hydrogen (secondary N) is 2. The van der Waals surface area contributed by atoms with Crippen molar-refractivity contribution in [3.05, 3.63) is 101 Å². The lowest BCUT2D eigenvalue weighted by Gasteiger charge is -2.11. The van der Waals surface area contributed by atoms with Crippen molar-refractivity contribution >= 4 is 40.9 Å². The number of thioether (sulfide) groups is 1. The number of hydrogen-bond acceptors (Lipinski definition) is 3. The van der Waals surface area contributed by atoms with Crippen molar-refractivity contribution in [3.63, 3.8) is 0 Å². The van der Waals surface area contributed by atoms with Crippen LogP contribution in [0.4, 0.5) is 5.69 Å². The second-order valence-corrected chi connectivity index (χ2v) is 8.13. The van der Waals surface area contributed by atoms with Crippen molar-refractivity contribution in [2.24, 2.45) is 0 Å². The number of rotatable bonds is 9. The predicted octanol–water partition coefficient (Wildman–Crippen LogP) is 5.18. The maximum atomic E-state index is 12.6. The van der Waals surface area contributed by atoms with E-state index in [1.807, 2.05) is 54.6 Å². The van der Waals surface area contributed by atoms with E-state index in [2.05, 4.69) is 10.6 Å². The zero-order valence-corrected chi connectivity index (χ0v) is 18.0. The van der Waals surface area contributed by atoms with E-state index in [-0.39, 0.29) is 17.6 Å². The molecule has 0 bridgehead atoms. The van der Waals surface area contributed by atoms with Gasteiger partial charge in [-0.15, -0.1) is 11.8 Å². The van der Waals surface area contributed by atoms with Crippen LogP contribution in [0.5, 0.6) is 0 Å². The van der Waals surface area contributed by atoms with E-state index >= 15 is 0 Å². The molecule has 0 aromatic heterocycles. The molecule has 0 atom stereocenters. The van der Waals surface area contributed by atoms with Crippen LogP contribution in [0.25, 0.3) is 0 Å². The average Bonchev–Trinajstić information content (AvgIpc) is 2.75. The van der Waals surface area contributed by atoms with E-state index < -0.39 is 0 Å². The highest BCUT2D eigenvalue weighted by atomic mass is 35.5. The number of para-hydroxylation sites is 1. The first kappa shape index (κ1) is 21.9. The highest BCUT2D eigenvalue weighted by Gasteiger charge is 2.13. The molecule has 0 heterocycles. The predicted molar refractivity (Wildman–Crippen MR) is 125 cm³/mol. The van der Waals surface area contributed by atoms with E-state index in [0.29, 0.717) is 28.6 Å². The Kier molecular flexibility index (Phi) is 8.36. The summed E-state index contributed by atoms with van der Waals surface area (Å²) in [5, 5.41) is 6.46. The van der Waals surface area contributed by atoms with E-state index in [1.54, 1.807) is 24.3 Å². The fraction of sp³-hybridized carbons (Fsp3) is 0.167. The normalized spacial score (nSPS) is 10.4. The Hall–Kier alpha value is -2.76. The molecule has 3 aromatic carbocycles. The molecule has 0 aliphatic heterocycles. The molecule has 3 aromatic rings. The average molecular weight is 439 g/mol. The third kappa shape index (κ3) is 6.94. The number of halogens is 1. The molecule has 0 fully saturated rings. The lowest BCUT2D eigenvalue weighted by atomic mass is 10.1. The van der Waals surface area contributed by atoms with Crippen molar-refractivity contribution in [1.82, 2.24) is 5.32 Å². The molecule has 2 amide bonds. The first-order valence-electron chi connectivity index (χ1n) is 9.65. The Morgan fingerprint density at radius 2 is 1.60 bits per heavy atom. The van der Waals surface area contributed by atoms with Gasteiger partial charge in [-0.05, 0) is 41.8 Å². The molecule has 2 N–H and O–H groups in total. The molecule has 30 heavy (non-hydrogen) atoms. The van der Waals surface area contributed by atoms with Crippen LogP contribution in [0.15, 0.2) is 78.9 Å². The molecule has 4 nitrogen and oxygen atoms in total. The van der Waals surface area contributed by atoms with Crippen molar-refractivity contribution < 1.29 is 9.59 Å². The molecule has 0 unspecified atom stereocenters. The smallest absolute Gasteiger partial charge is 0.253 e. The minimum Gasteiger partial charge on any atom is -0.352 e. The summed E-state index contributed by atoms with van der Waals surface area (Å²) < 4.78 is 0. The standard InChI is InChI=1S/C24H23ClN2O2S/c25-20-10-6-9-19(15-20)16-30-17-23(28)27-22-12-5-4-11-21(22)24(29)26-14-13-18-7-2-1-3-8-18/h1-12,15H,13-14,16-17H2,(H,26,29)(H,27,28). The van der Waals surface area contributed by atoms with Crippen molar-refractivity contribution in [3.8, 4) is 0 Å². The fourth-order valence-electron chi connectivity index (χ4n) is 2.93. The number of hydrogen-bond donors (Lipinski definition) is 2. The lowest BCUT2D eigenvalue weighted by Crippen LogP contribution is -2.27.